The van der Waals surface area contributed by atoms with Gasteiger partial charge in [0.25, 0.3) is 0 Å². The summed E-state index contributed by atoms with van der Waals surface area (Å²) < 4.78 is 25.9. The quantitative estimate of drug-likeness (QED) is 0.557. The third kappa shape index (κ3) is 2.76. The van der Waals surface area contributed by atoms with E-state index in [9.17, 15) is 8.42 Å². The summed E-state index contributed by atoms with van der Waals surface area (Å²) in [6.45, 7) is 0. The second kappa shape index (κ2) is 6.04. The van der Waals surface area contributed by atoms with Crippen molar-refractivity contribution >= 4 is 43.8 Å². The van der Waals surface area contributed by atoms with Crippen LogP contribution in [0.15, 0.2) is 63.1 Å². The Balaban J connectivity index is 1.80. The topological polar surface area (TPSA) is 125 Å². The number of nitrogens with zero attached hydrogens (tertiary/aromatic N) is 3. The van der Waals surface area contributed by atoms with Crippen LogP contribution in [0.25, 0.3) is 22.2 Å². The molecule has 0 atom stereocenters. The number of hydrogen-bond acceptors (Lipinski definition) is 8. The van der Waals surface area contributed by atoms with Gasteiger partial charge in [0.15, 0.2) is 0 Å². The molecule has 2 aromatic carbocycles. The van der Waals surface area contributed by atoms with Gasteiger partial charge in [0.05, 0.1) is 16.1 Å². The Morgan fingerprint density at radius 3 is 2.46 bits per heavy atom. The number of nitrogen functional groups attached to an aromatic ring is 2. The lowest BCUT2D eigenvalue weighted by atomic mass is 10.2. The maximum atomic E-state index is 12.9. The molecule has 0 spiro atoms. The zero-order valence-electron chi connectivity index (χ0n) is 13.3. The zero-order chi connectivity index (χ0) is 18.3. The van der Waals surface area contributed by atoms with E-state index >= 15 is 0 Å². The first kappa shape index (κ1) is 16.4. The number of rotatable bonds is 3. The molecule has 130 valence electrons. The van der Waals surface area contributed by atoms with E-state index in [1.807, 2.05) is 30.3 Å². The highest BCUT2D eigenvalue weighted by atomic mass is 32.2. The minimum atomic E-state index is -3.78. The van der Waals surface area contributed by atoms with Crippen LogP contribution in [0.5, 0.6) is 0 Å². The fourth-order valence-electron chi connectivity index (χ4n) is 2.54. The van der Waals surface area contributed by atoms with Crippen molar-refractivity contribution in [2.45, 2.75) is 9.24 Å². The van der Waals surface area contributed by atoms with Crippen LogP contribution in [0.1, 0.15) is 0 Å². The molecular weight excluding hydrogens is 370 g/mol. The van der Waals surface area contributed by atoms with Crippen LogP contribution >= 0.6 is 11.3 Å². The molecule has 2 aromatic heterocycles. The van der Waals surface area contributed by atoms with Crippen molar-refractivity contribution in [3.63, 3.8) is 0 Å². The van der Waals surface area contributed by atoms with Gasteiger partial charge in [-0.1, -0.05) is 30.3 Å². The number of hydrogen-bond donors (Lipinski definition) is 2. The lowest BCUT2D eigenvalue weighted by Gasteiger charge is -2.05. The first-order chi connectivity index (χ1) is 12.4. The number of thiazole rings is 1. The molecule has 0 unspecified atom stereocenters. The number of nitrogens with two attached hydrogens (primary N) is 2. The highest BCUT2D eigenvalue weighted by Crippen LogP contribution is 2.30. The van der Waals surface area contributed by atoms with Crippen LogP contribution in [-0.2, 0) is 9.84 Å². The third-order valence-corrected chi connectivity index (χ3v) is 6.81. The van der Waals surface area contributed by atoms with E-state index in [1.54, 1.807) is 11.4 Å². The largest absolute Gasteiger partial charge is 0.383 e. The molecule has 0 fully saturated rings. The number of aromatic nitrogens is 3. The molecule has 4 aromatic rings. The standard InChI is InChI=1S/C17H13N5O2S2/c18-15-12-8-11(6-7-13(12)20-16(19)22-15)26(23,24)17-21-14(9-25-17)10-4-2-1-3-5-10/h1-9H,(H4,18,19,20,22). The predicted octanol–water partition coefficient (Wildman–Crippen LogP) is 2.75. The molecule has 4 N–H and O–H groups in total. The first-order valence-corrected chi connectivity index (χ1v) is 9.90. The van der Waals surface area contributed by atoms with Crippen LogP contribution < -0.4 is 11.5 Å². The number of anilines is 2. The average Bonchev–Trinajstić information content (AvgIpc) is 3.13. The van der Waals surface area contributed by atoms with E-state index in [0.717, 1.165) is 16.9 Å². The van der Waals surface area contributed by atoms with Gasteiger partial charge in [-0.15, -0.1) is 11.3 Å². The van der Waals surface area contributed by atoms with Crippen LogP contribution in [0, 0.1) is 0 Å². The summed E-state index contributed by atoms with van der Waals surface area (Å²) >= 11 is 1.08. The summed E-state index contributed by atoms with van der Waals surface area (Å²) in [5.74, 6) is 0.173. The second-order valence-electron chi connectivity index (χ2n) is 5.51. The van der Waals surface area contributed by atoms with Gasteiger partial charge in [0.1, 0.15) is 5.82 Å². The lowest BCUT2D eigenvalue weighted by molar-refractivity contribution is 0.595. The molecule has 4 rings (SSSR count). The van der Waals surface area contributed by atoms with Crippen molar-refractivity contribution in [1.82, 2.24) is 15.0 Å². The Morgan fingerprint density at radius 1 is 0.923 bits per heavy atom. The van der Waals surface area contributed by atoms with Crippen molar-refractivity contribution in [2.24, 2.45) is 0 Å². The van der Waals surface area contributed by atoms with Crippen molar-refractivity contribution < 1.29 is 8.42 Å². The Kier molecular flexibility index (Phi) is 3.82. The molecule has 0 amide bonds. The smallest absolute Gasteiger partial charge is 0.233 e. The summed E-state index contributed by atoms with van der Waals surface area (Å²) in [4.78, 5) is 12.3. The Bertz CT molecular complexity index is 1220. The summed E-state index contributed by atoms with van der Waals surface area (Å²) in [7, 11) is -3.78. The fraction of sp³-hybridized carbons (Fsp3) is 0. The zero-order valence-corrected chi connectivity index (χ0v) is 15.0. The predicted molar refractivity (Wildman–Crippen MR) is 101 cm³/mol. The molecule has 2 heterocycles. The Labute approximate surface area is 153 Å². The normalized spacial score (nSPS) is 11.7. The van der Waals surface area contributed by atoms with Crippen LogP contribution in [0.2, 0.25) is 0 Å². The van der Waals surface area contributed by atoms with Gasteiger partial charge in [0, 0.05) is 16.3 Å². The molecule has 0 aliphatic carbocycles. The summed E-state index contributed by atoms with van der Waals surface area (Å²) in [6, 6.07) is 13.9. The third-order valence-electron chi connectivity index (χ3n) is 3.81. The van der Waals surface area contributed by atoms with E-state index in [2.05, 4.69) is 15.0 Å². The van der Waals surface area contributed by atoms with E-state index in [0.29, 0.717) is 16.6 Å². The maximum Gasteiger partial charge on any atom is 0.233 e. The van der Waals surface area contributed by atoms with Gasteiger partial charge >= 0.3 is 0 Å². The molecular formula is C17H13N5O2S2. The molecule has 9 heteroatoms. The molecule has 7 nitrogen and oxygen atoms in total. The molecule has 0 saturated heterocycles. The van der Waals surface area contributed by atoms with E-state index in [1.165, 1.54) is 12.1 Å². The molecule has 0 aliphatic rings. The molecule has 0 radical (unpaired) electrons. The fourth-order valence-corrected chi connectivity index (χ4v) is 4.97. The van der Waals surface area contributed by atoms with E-state index in [4.69, 9.17) is 11.5 Å². The molecule has 0 bridgehead atoms. The highest BCUT2D eigenvalue weighted by molar-refractivity contribution is 7.93. The number of sulfone groups is 1. The van der Waals surface area contributed by atoms with E-state index in [-0.39, 0.29) is 21.0 Å². The Hall–Kier alpha value is -3.04. The average molecular weight is 383 g/mol. The molecule has 0 aliphatic heterocycles. The van der Waals surface area contributed by atoms with Crippen molar-refractivity contribution in [1.29, 1.82) is 0 Å². The monoisotopic (exact) mass is 383 g/mol. The van der Waals surface area contributed by atoms with Crippen molar-refractivity contribution in [2.75, 3.05) is 11.5 Å². The Morgan fingerprint density at radius 2 is 1.69 bits per heavy atom. The van der Waals surface area contributed by atoms with Gasteiger partial charge in [-0.25, -0.2) is 18.4 Å². The van der Waals surface area contributed by atoms with Crippen molar-refractivity contribution in [3.8, 4) is 11.3 Å². The maximum absolute atomic E-state index is 12.9. The second-order valence-corrected chi connectivity index (χ2v) is 8.50. The number of fused-ring (bicyclic) bond motifs is 1. The highest BCUT2D eigenvalue weighted by Gasteiger charge is 2.23. The van der Waals surface area contributed by atoms with Crippen LogP contribution in [-0.4, -0.2) is 23.4 Å². The minimum Gasteiger partial charge on any atom is -0.383 e. The van der Waals surface area contributed by atoms with E-state index < -0.39 is 9.84 Å². The summed E-state index contributed by atoms with van der Waals surface area (Å²) in [5.41, 5.74) is 13.4. The van der Waals surface area contributed by atoms with Gasteiger partial charge in [-0.05, 0) is 18.2 Å². The SMILES string of the molecule is Nc1nc(N)c2cc(S(=O)(=O)c3nc(-c4ccccc4)cs3)ccc2n1. The lowest BCUT2D eigenvalue weighted by Crippen LogP contribution is -2.04. The van der Waals surface area contributed by atoms with Crippen LogP contribution in [0.4, 0.5) is 11.8 Å². The first-order valence-electron chi connectivity index (χ1n) is 7.54. The molecule has 0 saturated carbocycles. The minimum absolute atomic E-state index is 0.0191. The summed E-state index contributed by atoms with van der Waals surface area (Å²) in [6.07, 6.45) is 0. The van der Waals surface area contributed by atoms with Gasteiger partial charge in [0.2, 0.25) is 20.1 Å². The van der Waals surface area contributed by atoms with Gasteiger partial charge in [-0.2, -0.15) is 4.98 Å². The number of benzene rings is 2. The van der Waals surface area contributed by atoms with Crippen molar-refractivity contribution in [3.05, 3.63) is 53.9 Å². The molecule has 26 heavy (non-hydrogen) atoms. The summed E-state index contributed by atoms with van der Waals surface area (Å²) in [5, 5.41) is 2.15. The van der Waals surface area contributed by atoms with Gasteiger partial charge in [-0.3, -0.25) is 0 Å². The van der Waals surface area contributed by atoms with Crippen LogP contribution in [0.3, 0.4) is 0 Å². The van der Waals surface area contributed by atoms with Gasteiger partial charge < -0.3 is 11.5 Å².